The maximum atomic E-state index is 13.3. The molecule has 3 aliphatic rings. The maximum Gasteiger partial charge on any atom is 0.472 e. The van der Waals surface area contributed by atoms with Crippen LogP contribution in [-0.2, 0) is 36.7 Å². The largest absolute Gasteiger partial charge is 0.472 e. The van der Waals surface area contributed by atoms with Gasteiger partial charge in [0.1, 0.15) is 48.5 Å². The van der Waals surface area contributed by atoms with E-state index >= 15 is 0 Å². The number of benzene rings is 1. The number of nitrogens with zero attached hydrogens (tertiary/aromatic N) is 6. The Labute approximate surface area is 271 Å². The number of fused-ring (bicyclic) bond motifs is 5. The first kappa shape index (κ1) is 32.5. The predicted octanol–water partition coefficient (Wildman–Crippen LogP) is 1.95. The third-order valence-electron chi connectivity index (χ3n) is 7.54. The van der Waals surface area contributed by atoms with E-state index < -0.39 is 77.9 Å². The number of ether oxygens (including phenoxy) is 2. The zero-order valence-electron chi connectivity index (χ0n) is 22.7. The van der Waals surface area contributed by atoms with Crippen molar-refractivity contribution >= 4 is 78.5 Å². The number of phosphoric ester groups is 2. The highest BCUT2D eigenvalue weighted by molar-refractivity contribution is 7.47. The molecule has 6 N–H and O–H groups in total. The summed E-state index contributed by atoms with van der Waals surface area (Å²) < 4.78 is 61.6. The fraction of sp³-hybridized carbons (Fsp3) is 0.455. The molecular formula is C22H22Cl3N7O12P2. The molecule has 3 saturated heterocycles. The average molecular weight is 745 g/mol. The summed E-state index contributed by atoms with van der Waals surface area (Å²) in [7, 11) is -10.2. The first-order valence-corrected chi connectivity index (χ1v) is 17.3. The summed E-state index contributed by atoms with van der Waals surface area (Å²) in [6.45, 7) is -1.62. The zero-order chi connectivity index (χ0) is 32.7. The molecule has 46 heavy (non-hydrogen) atoms. The maximum absolute atomic E-state index is 13.3. The molecule has 0 radical (unpaired) electrons. The van der Waals surface area contributed by atoms with Gasteiger partial charge in [0, 0.05) is 0 Å². The Morgan fingerprint density at radius 1 is 0.870 bits per heavy atom. The molecule has 3 fully saturated rings. The molecule has 3 aromatic heterocycles. The van der Waals surface area contributed by atoms with E-state index in [1.54, 1.807) is 0 Å². The van der Waals surface area contributed by atoms with E-state index in [1.165, 1.54) is 27.6 Å². The van der Waals surface area contributed by atoms with Crippen LogP contribution in [0.3, 0.4) is 0 Å². The van der Waals surface area contributed by atoms with Crippen molar-refractivity contribution in [3.8, 4) is 0 Å². The van der Waals surface area contributed by atoms with Crippen molar-refractivity contribution in [2.45, 2.75) is 49.1 Å². The molecule has 4 unspecified atom stereocenters. The predicted molar refractivity (Wildman–Crippen MR) is 156 cm³/mol. The van der Waals surface area contributed by atoms with Crippen LogP contribution >= 0.6 is 50.4 Å². The van der Waals surface area contributed by atoms with Crippen LogP contribution < -0.4 is 5.73 Å². The van der Waals surface area contributed by atoms with Crippen molar-refractivity contribution in [1.82, 2.24) is 29.1 Å². The smallest absolute Gasteiger partial charge is 0.387 e. The van der Waals surface area contributed by atoms with Gasteiger partial charge in [0.25, 0.3) is 0 Å². The van der Waals surface area contributed by atoms with Crippen LogP contribution in [0.25, 0.3) is 22.2 Å². The SMILES string of the molecule is Nc1ncnc2c1ncn2[C@@H]1O[C@@H]2COP(=O)(O)OC3[C@@H](O)[C@@H](COP(=O)(O)OC2[C@@H]1O)O[C@H]3n1c(Cl)nc2cc(Cl)c(Cl)cc21. The molecule has 0 spiro atoms. The minimum absolute atomic E-state index is 0.0409. The second kappa shape index (κ2) is 11.8. The summed E-state index contributed by atoms with van der Waals surface area (Å²) in [6, 6.07) is 2.82. The lowest BCUT2D eigenvalue weighted by atomic mass is 10.1. The van der Waals surface area contributed by atoms with E-state index in [-0.39, 0.29) is 43.3 Å². The van der Waals surface area contributed by atoms with Gasteiger partial charge in [0.05, 0.1) is 40.6 Å². The van der Waals surface area contributed by atoms with Crippen LogP contribution in [0, 0.1) is 0 Å². The molecule has 248 valence electrons. The van der Waals surface area contributed by atoms with Gasteiger partial charge in [-0.25, -0.2) is 29.1 Å². The lowest BCUT2D eigenvalue weighted by Gasteiger charge is -2.26. The van der Waals surface area contributed by atoms with Crippen molar-refractivity contribution in [3.63, 3.8) is 0 Å². The van der Waals surface area contributed by atoms with E-state index in [2.05, 4.69) is 19.9 Å². The molecule has 1 aromatic carbocycles. The number of hydrogen-bond acceptors (Lipinski definition) is 15. The number of aliphatic hydroxyl groups excluding tert-OH is 2. The fourth-order valence-corrected chi connectivity index (χ4v) is 7.95. The van der Waals surface area contributed by atoms with Crippen LogP contribution in [0.1, 0.15) is 12.5 Å². The average Bonchev–Trinajstić information content (AvgIpc) is 3.71. The summed E-state index contributed by atoms with van der Waals surface area (Å²) in [5.74, 6) is 0.0409. The number of hydrogen-bond donors (Lipinski definition) is 5. The minimum Gasteiger partial charge on any atom is -0.387 e. The summed E-state index contributed by atoms with van der Waals surface area (Å²) >= 11 is 18.7. The highest BCUT2D eigenvalue weighted by Crippen LogP contribution is 2.54. The molecule has 3 aliphatic heterocycles. The van der Waals surface area contributed by atoms with E-state index in [4.69, 9.17) is 68.1 Å². The Balaban J connectivity index is 1.21. The van der Waals surface area contributed by atoms with E-state index in [9.17, 15) is 29.1 Å². The zero-order valence-corrected chi connectivity index (χ0v) is 26.7. The summed E-state index contributed by atoms with van der Waals surface area (Å²) in [6.07, 6.45) is -10.1. The highest BCUT2D eigenvalue weighted by atomic mass is 35.5. The summed E-state index contributed by atoms with van der Waals surface area (Å²) in [4.78, 5) is 37.6. The standard InChI is InChI=1S/C22H22Cl3N7O12P2/c23-7-1-9-10(2-8(7)24)32(22(25)30-9)21-17-14(33)11(41-21)3-39-45(35,36)43-16-12(4-40-46(37,38)44-17)42-20(15(16)34)31-6-29-13-18(26)27-5-28-19(13)31/h1-2,5-6,11-12,14-17,20-21,33-34H,3-4H2,(H,35,36)(H,37,38)(H2,26,27,28)/t11-,12-,14+,15+,16?,17?,20-,21-/m1/s1. The fourth-order valence-electron chi connectivity index (χ4n) is 5.45. The van der Waals surface area contributed by atoms with Crippen molar-refractivity contribution in [1.29, 1.82) is 0 Å². The van der Waals surface area contributed by atoms with Crippen LogP contribution in [0.5, 0.6) is 0 Å². The number of halogens is 3. The second-order valence-corrected chi connectivity index (χ2v) is 14.3. The summed E-state index contributed by atoms with van der Waals surface area (Å²) in [5.41, 5.74) is 6.69. The van der Waals surface area contributed by atoms with Crippen molar-refractivity contribution in [3.05, 3.63) is 40.1 Å². The Morgan fingerprint density at radius 2 is 1.52 bits per heavy atom. The molecule has 0 saturated carbocycles. The molecule has 19 nitrogen and oxygen atoms in total. The van der Waals surface area contributed by atoms with Gasteiger partial charge in [-0.2, -0.15) is 0 Å². The monoisotopic (exact) mass is 743 g/mol. The molecule has 10 atom stereocenters. The quantitative estimate of drug-likeness (QED) is 0.184. The number of nitrogen functional groups attached to an aromatic ring is 1. The highest BCUT2D eigenvalue weighted by Gasteiger charge is 2.54. The Kier molecular flexibility index (Phi) is 8.37. The summed E-state index contributed by atoms with van der Waals surface area (Å²) in [5, 5.41) is 22.3. The number of aromatic nitrogens is 6. The third kappa shape index (κ3) is 5.72. The number of phosphoric acid groups is 2. The molecular weight excluding hydrogens is 723 g/mol. The van der Waals surface area contributed by atoms with Crippen LogP contribution in [0.2, 0.25) is 15.3 Å². The first-order valence-electron chi connectivity index (χ1n) is 13.2. The van der Waals surface area contributed by atoms with Gasteiger partial charge in [-0.1, -0.05) is 23.2 Å². The van der Waals surface area contributed by atoms with E-state index in [1.807, 2.05) is 0 Å². The molecule has 24 heteroatoms. The van der Waals surface area contributed by atoms with Crippen LogP contribution in [0.4, 0.5) is 5.82 Å². The molecule has 7 rings (SSSR count). The van der Waals surface area contributed by atoms with Crippen LogP contribution in [-0.4, -0.2) is 98.9 Å². The van der Waals surface area contributed by atoms with Gasteiger partial charge >= 0.3 is 15.6 Å². The van der Waals surface area contributed by atoms with Gasteiger partial charge in [0.2, 0.25) is 5.28 Å². The molecule has 6 heterocycles. The number of aliphatic hydroxyl groups is 2. The molecule has 0 aliphatic carbocycles. The number of rotatable bonds is 2. The van der Waals surface area contributed by atoms with Crippen molar-refractivity contribution in [2.24, 2.45) is 0 Å². The Morgan fingerprint density at radius 3 is 2.26 bits per heavy atom. The van der Waals surface area contributed by atoms with Crippen molar-refractivity contribution < 1.29 is 56.7 Å². The topological polar surface area (TPSA) is 258 Å². The van der Waals surface area contributed by atoms with Gasteiger partial charge in [0.15, 0.2) is 23.9 Å². The Bertz CT molecular complexity index is 1930. The van der Waals surface area contributed by atoms with Gasteiger partial charge in [-0.15, -0.1) is 0 Å². The lowest BCUT2D eigenvalue weighted by molar-refractivity contribution is -0.0670. The van der Waals surface area contributed by atoms with Gasteiger partial charge in [-0.05, 0) is 23.7 Å². The Hall–Kier alpha value is -2.03. The minimum atomic E-state index is -5.10. The van der Waals surface area contributed by atoms with E-state index in [0.717, 1.165) is 6.33 Å². The molecule has 2 bridgehead atoms. The lowest BCUT2D eigenvalue weighted by Crippen LogP contribution is -2.36. The second-order valence-electron chi connectivity index (χ2n) is 10.4. The van der Waals surface area contributed by atoms with Gasteiger partial charge < -0.3 is 35.2 Å². The number of nitrogens with two attached hydrogens (primary N) is 1. The number of imidazole rings is 2. The molecule has 0 amide bonds. The third-order valence-corrected chi connectivity index (χ3v) is 10.5. The molecule has 4 aromatic rings. The van der Waals surface area contributed by atoms with E-state index in [0.29, 0.717) is 0 Å². The van der Waals surface area contributed by atoms with Crippen molar-refractivity contribution in [2.75, 3.05) is 18.9 Å². The number of anilines is 1. The van der Waals surface area contributed by atoms with Crippen LogP contribution in [0.15, 0.2) is 24.8 Å². The van der Waals surface area contributed by atoms with Gasteiger partial charge in [-0.3, -0.25) is 27.2 Å². The normalized spacial score (nSPS) is 37.2. The first-order chi connectivity index (χ1) is 21.7.